The highest BCUT2D eigenvalue weighted by atomic mass is 19.2. The molecular weight excluding hydrogens is 277 g/mol. The topological polar surface area (TPSA) is 29.3 Å². The number of hydrogen-bond donors (Lipinski definition) is 1. The summed E-state index contributed by atoms with van der Waals surface area (Å²) in [5.74, 6) is -2.44. The van der Waals surface area contributed by atoms with Gasteiger partial charge in [-0.3, -0.25) is 4.90 Å². The second kappa shape index (κ2) is 5.97. The van der Waals surface area contributed by atoms with Crippen LogP contribution in [0.5, 0.6) is 0 Å². The predicted molar refractivity (Wildman–Crippen MR) is 77.2 cm³/mol. The standard InChI is InChI=1S/C16H23F3N2/c1-16(2,3)10-4-5-21(9-10)15(8-20)11-6-13(18)14(19)7-12(11)17/h6-7,10,15H,4-5,8-9,20H2,1-3H3. The Morgan fingerprint density at radius 2 is 1.81 bits per heavy atom. The van der Waals surface area contributed by atoms with Gasteiger partial charge < -0.3 is 5.73 Å². The van der Waals surface area contributed by atoms with E-state index in [4.69, 9.17) is 5.73 Å². The third kappa shape index (κ3) is 3.40. The molecule has 2 unspecified atom stereocenters. The summed E-state index contributed by atoms with van der Waals surface area (Å²) in [5.41, 5.74) is 6.08. The van der Waals surface area contributed by atoms with Gasteiger partial charge in [0.1, 0.15) is 5.82 Å². The lowest BCUT2D eigenvalue weighted by Gasteiger charge is -2.30. The van der Waals surface area contributed by atoms with E-state index in [2.05, 4.69) is 25.7 Å². The number of halogens is 3. The summed E-state index contributed by atoms with van der Waals surface area (Å²) < 4.78 is 40.4. The third-order valence-electron chi connectivity index (χ3n) is 4.51. The van der Waals surface area contributed by atoms with Crippen LogP contribution in [0.2, 0.25) is 0 Å². The van der Waals surface area contributed by atoms with Crippen LogP contribution in [0.25, 0.3) is 0 Å². The Bertz CT molecular complexity index is 511. The van der Waals surface area contributed by atoms with Crippen molar-refractivity contribution in [2.75, 3.05) is 19.6 Å². The molecule has 0 aromatic heterocycles. The fraction of sp³-hybridized carbons (Fsp3) is 0.625. The van der Waals surface area contributed by atoms with E-state index in [1.54, 1.807) is 0 Å². The molecule has 0 spiro atoms. The van der Waals surface area contributed by atoms with Gasteiger partial charge in [-0.05, 0) is 30.4 Å². The highest BCUT2D eigenvalue weighted by Gasteiger charge is 2.35. The van der Waals surface area contributed by atoms with Gasteiger partial charge in [0.05, 0.1) is 6.04 Å². The van der Waals surface area contributed by atoms with E-state index in [-0.39, 0.29) is 17.5 Å². The molecule has 0 amide bonds. The zero-order valence-electron chi connectivity index (χ0n) is 12.8. The molecular formula is C16H23F3N2. The molecule has 21 heavy (non-hydrogen) atoms. The largest absolute Gasteiger partial charge is 0.329 e. The van der Waals surface area contributed by atoms with E-state index in [9.17, 15) is 13.2 Å². The summed E-state index contributed by atoms with van der Waals surface area (Å²) in [4.78, 5) is 2.08. The quantitative estimate of drug-likeness (QED) is 0.866. The highest BCUT2D eigenvalue weighted by molar-refractivity contribution is 5.24. The summed E-state index contributed by atoms with van der Waals surface area (Å²) in [6.45, 7) is 8.30. The average molecular weight is 300 g/mol. The van der Waals surface area contributed by atoms with Crippen molar-refractivity contribution in [3.05, 3.63) is 35.1 Å². The zero-order chi connectivity index (χ0) is 15.8. The Kier molecular flexibility index (Phi) is 4.63. The first-order chi connectivity index (χ1) is 9.74. The van der Waals surface area contributed by atoms with E-state index >= 15 is 0 Å². The number of benzene rings is 1. The Morgan fingerprint density at radius 1 is 1.19 bits per heavy atom. The maximum absolute atomic E-state index is 14.0. The molecule has 0 radical (unpaired) electrons. The molecule has 2 nitrogen and oxygen atoms in total. The summed E-state index contributed by atoms with van der Waals surface area (Å²) in [6.07, 6.45) is 1.01. The molecule has 1 saturated heterocycles. The minimum atomic E-state index is -1.17. The lowest BCUT2D eigenvalue weighted by Crippen LogP contribution is -2.34. The Morgan fingerprint density at radius 3 is 2.33 bits per heavy atom. The van der Waals surface area contributed by atoms with Crippen LogP contribution in [0.4, 0.5) is 13.2 Å². The first kappa shape index (κ1) is 16.3. The van der Waals surface area contributed by atoms with E-state index in [1.165, 1.54) is 0 Å². The first-order valence-corrected chi connectivity index (χ1v) is 7.32. The smallest absolute Gasteiger partial charge is 0.161 e. The number of likely N-dealkylation sites (tertiary alicyclic amines) is 1. The molecule has 2 N–H and O–H groups in total. The molecule has 1 aromatic carbocycles. The van der Waals surface area contributed by atoms with Crippen molar-refractivity contribution in [1.82, 2.24) is 4.90 Å². The number of rotatable bonds is 3. The molecule has 118 valence electrons. The van der Waals surface area contributed by atoms with Gasteiger partial charge in [-0.25, -0.2) is 13.2 Å². The maximum Gasteiger partial charge on any atom is 0.161 e. The van der Waals surface area contributed by atoms with Crippen LogP contribution in [0.15, 0.2) is 12.1 Å². The lowest BCUT2D eigenvalue weighted by molar-refractivity contribution is 0.195. The van der Waals surface area contributed by atoms with Gasteiger partial charge >= 0.3 is 0 Å². The van der Waals surface area contributed by atoms with Gasteiger partial charge in [0.15, 0.2) is 11.6 Å². The van der Waals surface area contributed by atoms with Crippen molar-refractivity contribution in [2.45, 2.75) is 33.2 Å². The van der Waals surface area contributed by atoms with Crippen LogP contribution in [0, 0.1) is 28.8 Å². The van der Waals surface area contributed by atoms with E-state index < -0.39 is 23.5 Å². The lowest BCUT2D eigenvalue weighted by atomic mass is 9.80. The maximum atomic E-state index is 14.0. The SMILES string of the molecule is CC(C)(C)C1CCN(C(CN)c2cc(F)c(F)cc2F)C1. The van der Waals surface area contributed by atoms with E-state index in [1.807, 2.05) is 0 Å². The van der Waals surface area contributed by atoms with Crippen LogP contribution < -0.4 is 5.73 Å². The van der Waals surface area contributed by atoms with Crippen molar-refractivity contribution in [3.8, 4) is 0 Å². The fourth-order valence-corrected chi connectivity index (χ4v) is 3.04. The second-order valence-electron chi connectivity index (χ2n) is 6.89. The molecule has 1 fully saturated rings. The fourth-order valence-electron chi connectivity index (χ4n) is 3.04. The van der Waals surface area contributed by atoms with Gasteiger partial charge in [0.25, 0.3) is 0 Å². The summed E-state index contributed by atoms with van der Waals surface area (Å²) in [6, 6.07) is 1.13. The molecule has 0 bridgehead atoms. The predicted octanol–water partition coefficient (Wildman–Crippen LogP) is 3.47. The van der Waals surface area contributed by atoms with Gasteiger partial charge in [0.2, 0.25) is 0 Å². The minimum Gasteiger partial charge on any atom is -0.329 e. The second-order valence-corrected chi connectivity index (χ2v) is 6.89. The highest BCUT2D eigenvalue weighted by Crippen LogP contribution is 2.37. The Labute approximate surface area is 124 Å². The average Bonchev–Trinajstić information content (AvgIpc) is 2.86. The number of nitrogens with two attached hydrogens (primary N) is 1. The monoisotopic (exact) mass is 300 g/mol. The molecule has 2 atom stereocenters. The zero-order valence-corrected chi connectivity index (χ0v) is 12.8. The molecule has 1 aliphatic heterocycles. The van der Waals surface area contributed by atoms with Crippen LogP contribution in [-0.2, 0) is 0 Å². The van der Waals surface area contributed by atoms with Gasteiger partial charge in [-0.1, -0.05) is 20.8 Å². The number of nitrogens with zero attached hydrogens (tertiary/aromatic N) is 1. The van der Waals surface area contributed by atoms with Crippen molar-refractivity contribution in [1.29, 1.82) is 0 Å². The van der Waals surface area contributed by atoms with Crippen LogP contribution >= 0.6 is 0 Å². The molecule has 0 aliphatic carbocycles. The Balaban J connectivity index is 2.24. The molecule has 1 aromatic rings. The molecule has 1 aliphatic rings. The van der Waals surface area contributed by atoms with Gasteiger partial charge in [-0.15, -0.1) is 0 Å². The minimum absolute atomic E-state index is 0.144. The van der Waals surface area contributed by atoms with Crippen molar-refractivity contribution in [3.63, 3.8) is 0 Å². The van der Waals surface area contributed by atoms with Crippen molar-refractivity contribution in [2.24, 2.45) is 17.1 Å². The van der Waals surface area contributed by atoms with Crippen LogP contribution in [0.3, 0.4) is 0 Å². The van der Waals surface area contributed by atoms with E-state index in [0.29, 0.717) is 12.0 Å². The molecule has 1 heterocycles. The molecule has 0 saturated carbocycles. The van der Waals surface area contributed by atoms with Gasteiger partial charge in [0, 0.05) is 24.7 Å². The van der Waals surface area contributed by atoms with Crippen LogP contribution in [-0.4, -0.2) is 24.5 Å². The summed E-state index contributed by atoms with van der Waals surface area (Å²) in [7, 11) is 0. The normalized spacial score (nSPS) is 21.8. The van der Waals surface area contributed by atoms with Crippen molar-refractivity contribution < 1.29 is 13.2 Å². The van der Waals surface area contributed by atoms with Crippen molar-refractivity contribution >= 4 is 0 Å². The summed E-state index contributed by atoms with van der Waals surface area (Å²) >= 11 is 0. The summed E-state index contributed by atoms with van der Waals surface area (Å²) in [5, 5.41) is 0. The third-order valence-corrected chi connectivity index (χ3v) is 4.51. The number of hydrogen-bond acceptors (Lipinski definition) is 2. The molecule has 5 heteroatoms. The molecule has 2 rings (SSSR count). The van der Waals surface area contributed by atoms with Gasteiger partial charge in [-0.2, -0.15) is 0 Å². The first-order valence-electron chi connectivity index (χ1n) is 7.32. The Hall–Kier alpha value is -1.07. The van der Waals surface area contributed by atoms with Crippen LogP contribution in [0.1, 0.15) is 38.8 Å². The van der Waals surface area contributed by atoms with E-state index in [0.717, 1.165) is 25.6 Å².